The van der Waals surface area contributed by atoms with Gasteiger partial charge in [0.05, 0.1) is 19.1 Å². The van der Waals surface area contributed by atoms with Gasteiger partial charge in [0.25, 0.3) is 5.91 Å². The van der Waals surface area contributed by atoms with E-state index in [1.165, 1.54) is 10.8 Å². The summed E-state index contributed by atoms with van der Waals surface area (Å²) in [6.07, 6.45) is 1.54. The topological polar surface area (TPSA) is 75.6 Å². The molecule has 0 heterocycles. The van der Waals surface area contributed by atoms with E-state index in [2.05, 4.69) is 42.6 Å². The van der Waals surface area contributed by atoms with E-state index in [0.29, 0.717) is 17.2 Å². The second kappa shape index (κ2) is 13.2. The fourth-order valence-electron chi connectivity index (χ4n) is 4.68. The summed E-state index contributed by atoms with van der Waals surface area (Å²) in [5, 5.41) is 14.5. The highest BCUT2D eigenvalue weighted by Gasteiger charge is 2.26. The van der Waals surface area contributed by atoms with Crippen molar-refractivity contribution in [2.75, 3.05) is 6.54 Å². The van der Waals surface area contributed by atoms with Crippen LogP contribution in [0.15, 0.2) is 91.0 Å². The van der Waals surface area contributed by atoms with Crippen molar-refractivity contribution in [3.63, 3.8) is 0 Å². The molecule has 0 saturated heterocycles. The van der Waals surface area contributed by atoms with E-state index in [0.717, 1.165) is 29.5 Å². The van der Waals surface area contributed by atoms with Gasteiger partial charge in [-0.1, -0.05) is 85.6 Å². The van der Waals surface area contributed by atoms with Gasteiger partial charge in [-0.3, -0.25) is 9.59 Å². The molecule has 0 radical (unpaired) electrons. The van der Waals surface area contributed by atoms with Crippen LogP contribution in [0.5, 0.6) is 0 Å². The lowest BCUT2D eigenvalue weighted by molar-refractivity contribution is -0.136. The number of fused-ring (bicyclic) bond motifs is 1. The predicted molar refractivity (Wildman–Crippen MR) is 152 cm³/mol. The number of nitrogens with one attached hydrogen (secondary N) is 1. The first kappa shape index (κ1) is 27.4. The number of halogens is 1. The normalized spacial score (nSPS) is 12.7. The Hall–Kier alpha value is -3.67. The number of benzene rings is 4. The Morgan fingerprint density at radius 3 is 2.26 bits per heavy atom. The van der Waals surface area contributed by atoms with E-state index in [1.54, 1.807) is 12.1 Å². The minimum absolute atomic E-state index is 0.0609. The maximum Gasteiger partial charge on any atom is 0.305 e. The molecular formula is C32H32ClNO4. The number of hydrogen-bond acceptors (Lipinski definition) is 3. The number of hydrogen-bond donors (Lipinski definition) is 2. The molecule has 0 aromatic heterocycles. The van der Waals surface area contributed by atoms with Crippen LogP contribution in [0.4, 0.5) is 0 Å². The molecule has 4 aromatic carbocycles. The van der Waals surface area contributed by atoms with Crippen molar-refractivity contribution in [1.29, 1.82) is 0 Å². The van der Waals surface area contributed by atoms with Crippen molar-refractivity contribution in [1.82, 2.24) is 5.32 Å². The van der Waals surface area contributed by atoms with Crippen LogP contribution >= 0.6 is 11.6 Å². The van der Waals surface area contributed by atoms with Crippen molar-refractivity contribution < 1.29 is 19.4 Å². The molecule has 0 saturated carbocycles. The molecule has 0 unspecified atom stereocenters. The maximum absolute atomic E-state index is 12.4. The van der Waals surface area contributed by atoms with Crippen LogP contribution in [0.25, 0.3) is 10.8 Å². The van der Waals surface area contributed by atoms with Crippen LogP contribution in [0.3, 0.4) is 0 Å². The number of carbonyl (C=O) groups is 2. The number of carboxylic acids is 1. The molecule has 0 aliphatic heterocycles. The molecule has 38 heavy (non-hydrogen) atoms. The van der Waals surface area contributed by atoms with Gasteiger partial charge >= 0.3 is 5.97 Å². The van der Waals surface area contributed by atoms with Crippen molar-refractivity contribution in [3.05, 3.63) is 118 Å². The number of aliphatic carboxylic acids is 1. The molecule has 1 amide bonds. The van der Waals surface area contributed by atoms with Crippen molar-refractivity contribution in [2.45, 2.75) is 44.8 Å². The Kier molecular flexibility index (Phi) is 9.52. The molecule has 0 spiro atoms. The molecular weight excluding hydrogens is 498 g/mol. The quantitative estimate of drug-likeness (QED) is 0.199. The molecule has 0 fully saturated rings. The number of amides is 1. The molecule has 4 rings (SSSR count). The minimum Gasteiger partial charge on any atom is -0.481 e. The third kappa shape index (κ3) is 7.21. The van der Waals surface area contributed by atoms with E-state index < -0.39 is 5.97 Å². The Morgan fingerprint density at radius 2 is 1.58 bits per heavy atom. The zero-order valence-corrected chi connectivity index (χ0v) is 22.2. The second-order valence-electron chi connectivity index (χ2n) is 9.38. The summed E-state index contributed by atoms with van der Waals surface area (Å²) < 4.78 is 6.65. The molecule has 0 bridgehead atoms. The predicted octanol–water partition coefficient (Wildman–Crippen LogP) is 7.54. The summed E-state index contributed by atoms with van der Waals surface area (Å²) in [5.41, 5.74) is 3.72. The summed E-state index contributed by atoms with van der Waals surface area (Å²) in [7, 11) is 0. The first-order valence-corrected chi connectivity index (χ1v) is 13.3. The van der Waals surface area contributed by atoms with Gasteiger partial charge in [-0.15, -0.1) is 0 Å². The number of carbonyl (C=O) groups excluding carboxylic acids is 1. The van der Waals surface area contributed by atoms with Crippen LogP contribution < -0.4 is 5.32 Å². The van der Waals surface area contributed by atoms with Crippen LogP contribution in [0, 0.1) is 0 Å². The molecule has 0 aliphatic rings. The fraction of sp³-hybridized carbons (Fsp3) is 0.250. The average Bonchev–Trinajstić information content (AvgIpc) is 2.93. The highest BCUT2D eigenvalue weighted by molar-refractivity contribution is 6.30. The van der Waals surface area contributed by atoms with Crippen LogP contribution in [-0.2, 0) is 16.1 Å². The summed E-state index contributed by atoms with van der Waals surface area (Å²) in [6.45, 7) is 2.71. The Bertz CT molecular complexity index is 1370. The smallest absolute Gasteiger partial charge is 0.305 e. The van der Waals surface area contributed by atoms with Crippen LogP contribution in [0.1, 0.15) is 65.3 Å². The van der Waals surface area contributed by atoms with Crippen molar-refractivity contribution >= 4 is 34.2 Å². The molecule has 4 aromatic rings. The number of rotatable bonds is 12. The molecule has 196 valence electrons. The van der Waals surface area contributed by atoms with E-state index >= 15 is 0 Å². The third-order valence-corrected chi connectivity index (χ3v) is 6.88. The summed E-state index contributed by atoms with van der Waals surface area (Å²) >= 11 is 6.19. The van der Waals surface area contributed by atoms with Gasteiger partial charge in [-0.2, -0.15) is 0 Å². The molecule has 2 N–H and O–H groups in total. The first-order valence-electron chi connectivity index (χ1n) is 12.9. The van der Waals surface area contributed by atoms with Crippen molar-refractivity contribution in [2.24, 2.45) is 0 Å². The van der Waals surface area contributed by atoms with Gasteiger partial charge in [0.1, 0.15) is 0 Å². The Balaban J connectivity index is 1.57. The van der Waals surface area contributed by atoms with Gasteiger partial charge in [-0.05, 0) is 64.2 Å². The van der Waals surface area contributed by atoms with Crippen LogP contribution in [0.2, 0.25) is 5.02 Å². The van der Waals surface area contributed by atoms with Gasteiger partial charge in [0, 0.05) is 23.0 Å². The van der Waals surface area contributed by atoms with Crippen LogP contribution in [-0.4, -0.2) is 23.5 Å². The zero-order valence-electron chi connectivity index (χ0n) is 21.4. The van der Waals surface area contributed by atoms with Crippen molar-refractivity contribution in [3.8, 4) is 0 Å². The van der Waals surface area contributed by atoms with Gasteiger partial charge < -0.3 is 15.2 Å². The third-order valence-electron chi connectivity index (χ3n) is 6.63. The van der Waals surface area contributed by atoms with E-state index in [-0.39, 0.29) is 30.9 Å². The summed E-state index contributed by atoms with van der Waals surface area (Å²) in [5.74, 6) is -1.17. The summed E-state index contributed by atoms with van der Waals surface area (Å²) in [6, 6.07) is 30.0. The molecule has 6 heteroatoms. The molecule has 5 nitrogen and oxygen atoms in total. The average molecular weight is 530 g/mol. The first-order chi connectivity index (χ1) is 18.4. The zero-order chi connectivity index (χ0) is 26.9. The fourth-order valence-corrected chi connectivity index (χ4v) is 4.81. The van der Waals surface area contributed by atoms with E-state index in [1.807, 2.05) is 48.5 Å². The van der Waals surface area contributed by atoms with Gasteiger partial charge in [0.2, 0.25) is 0 Å². The highest BCUT2D eigenvalue weighted by atomic mass is 35.5. The van der Waals surface area contributed by atoms with E-state index in [4.69, 9.17) is 21.4 Å². The summed E-state index contributed by atoms with van der Waals surface area (Å²) in [4.78, 5) is 23.2. The maximum atomic E-state index is 12.4. The monoisotopic (exact) mass is 529 g/mol. The standard InChI is InChI=1S/C32H32ClNO4/c1-2-5-29(24-10-12-26(13-11-24)32(37)34-19-18-30(35)36)31(25-14-16-28(33)17-15-25)38-21-22-8-9-23-6-3-4-7-27(23)20-22/h3-4,6-17,20,29,31H,2,5,18-19,21H2,1H3,(H,34,37)(H,35,36)/t29-,31+/m1/s1. The molecule has 0 aliphatic carbocycles. The Labute approximate surface area is 228 Å². The minimum atomic E-state index is -0.944. The highest BCUT2D eigenvalue weighted by Crippen LogP contribution is 2.39. The SMILES string of the molecule is CCC[C@H](c1ccc(C(=O)NCCC(=O)O)cc1)[C@@H](OCc1ccc2ccccc2c1)c1ccc(Cl)cc1. The Morgan fingerprint density at radius 1 is 0.895 bits per heavy atom. The lowest BCUT2D eigenvalue weighted by Crippen LogP contribution is -2.26. The lowest BCUT2D eigenvalue weighted by Gasteiger charge is -2.28. The van der Waals surface area contributed by atoms with Gasteiger partial charge in [0.15, 0.2) is 0 Å². The van der Waals surface area contributed by atoms with Gasteiger partial charge in [-0.25, -0.2) is 0 Å². The molecule has 2 atom stereocenters. The lowest BCUT2D eigenvalue weighted by atomic mass is 9.85. The second-order valence-corrected chi connectivity index (χ2v) is 9.82. The number of ether oxygens (including phenoxy) is 1. The number of carboxylic acid groups (broad SMARTS) is 1. The largest absolute Gasteiger partial charge is 0.481 e. The van der Waals surface area contributed by atoms with E-state index in [9.17, 15) is 9.59 Å².